The molecule has 2 rings (SSSR count). The van der Waals surface area contributed by atoms with Crippen molar-refractivity contribution >= 4 is 11.8 Å². The van der Waals surface area contributed by atoms with Crippen molar-refractivity contribution in [2.75, 3.05) is 25.4 Å². The van der Waals surface area contributed by atoms with Crippen LogP contribution in [0.5, 0.6) is 0 Å². The summed E-state index contributed by atoms with van der Waals surface area (Å²) in [7, 11) is 0. The molecule has 1 aromatic rings. The van der Waals surface area contributed by atoms with Crippen molar-refractivity contribution in [2.24, 2.45) is 0 Å². The van der Waals surface area contributed by atoms with E-state index in [1.54, 1.807) is 0 Å². The molecule has 0 aromatic heterocycles. The molecule has 0 aliphatic heterocycles. The van der Waals surface area contributed by atoms with E-state index in [1.807, 2.05) is 11.8 Å². The molecule has 1 fully saturated rings. The van der Waals surface area contributed by atoms with Gasteiger partial charge in [-0.3, -0.25) is 4.90 Å². The summed E-state index contributed by atoms with van der Waals surface area (Å²) >= 11 is 2.02. The second-order valence-electron chi connectivity index (χ2n) is 6.56. The van der Waals surface area contributed by atoms with Gasteiger partial charge in [-0.25, -0.2) is 0 Å². The van der Waals surface area contributed by atoms with Gasteiger partial charge in [-0.1, -0.05) is 43.2 Å². The quantitative estimate of drug-likeness (QED) is 0.652. The summed E-state index contributed by atoms with van der Waals surface area (Å²) in [5.41, 5.74) is 1.43. The summed E-state index contributed by atoms with van der Waals surface area (Å²) in [5.74, 6) is 2.32. The highest BCUT2D eigenvalue weighted by atomic mass is 32.2. The topological polar surface area (TPSA) is 15.3 Å². The average molecular weight is 321 g/mol. The van der Waals surface area contributed by atoms with E-state index >= 15 is 0 Å². The standard InChI is InChI=1S/C19H32N2S/c1-17(2)21(19-10-6-7-11-19)14-12-20-13-15-22-16-18-8-4-3-5-9-18/h3-5,8-9,17,19-20H,6-7,10-16H2,1-2H3. The van der Waals surface area contributed by atoms with Crippen molar-refractivity contribution in [3.8, 4) is 0 Å². The van der Waals surface area contributed by atoms with Crippen LogP contribution in [0.3, 0.4) is 0 Å². The number of hydrogen-bond acceptors (Lipinski definition) is 3. The van der Waals surface area contributed by atoms with Crippen LogP contribution in [0, 0.1) is 0 Å². The van der Waals surface area contributed by atoms with Crippen LogP contribution in [-0.2, 0) is 5.75 Å². The predicted molar refractivity (Wildman–Crippen MR) is 99.6 cm³/mol. The summed E-state index contributed by atoms with van der Waals surface area (Å²) < 4.78 is 0. The van der Waals surface area contributed by atoms with E-state index in [9.17, 15) is 0 Å². The van der Waals surface area contributed by atoms with Gasteiger partial charge in [-0.05, 0) is 32.3 Å². The van der Waals surface area contributed by atoms with Crippen molar-refractivity contribution in [3.05, 3.63) is 35.9 Å². The average Bonchev–Trinajstić information content (AvgIpc) is 3.04. The summed E-state index contributed by atoms with van der Waals surface area (Å²) in [5, 5.41) is 3.62. The van der Waals surface area contributed by atoms with Crippen LogP contribution in [0.25, 0.3) is 0 Å². The second-order valence-corrected chi connectivity index (χ2v) is 7.66. The molecule has 0 unspecified atom stereocenters. The Balaban J connectivity index is 1.52. The fourth-order valence-electron chi connectivity index (χ4n) is 3.34. The van der Waals surface area contributed by atoms with Crippen LogP contribution >= 0.6 is 11.8 Å². The molecule has 0 saturated heterocycles. The monoisotopic (exact) mass is 320 g/mol. The highest BCUT2D eigenvalue weighted by molar-refractivity contribution is 7.98. The van der Waals surface area contributed by atoms with Crippen molar-refractivity contribution in [2.45, 2.75) is 57.4 Å². The normalized spacial score (nSPS) is 16.0. The number of nitrogens with one attached hydrogen (secondary N) is 1. The van der Waals surface area contributed by atoms with Gasteiger partial charge in [0.15, 0.2) is 0 Å². The van der Waals surface area contributed by atoms with Crippen molar-refractivity contribution < 1.29 is 0 Å². The maximum absolute atomic E-state index is 3.62. The van der Waals surface area contributed by atoms with Crippen LogP contribution in [0.15, 0.2) is 30.3 Å². The molecular weight excluding hydrogens is 288 g/mol. The Kier molecular flexibility index (Phi) is 8.35. The van der Waals surface area contributed by atoms with Gasteiger partial charge in [0.25, 0.3) is 0 Å². The zero-order valence-corrected chi connectivity index (χ0v) is 15.1. The summed E-state index contributed by atoms with van der Waals surface area (Å²) in [6, 6.07) is 12.3. The van der Waals surface area contributed by atoms with E-state index in [1.165, 1.54) is 43.5 Å². The minimum atomic E-state index is 0.678. The van der Waals surface area contributed by atoms with Crippen molar-refractivity contribution in [1.29, 1.82) is 0 Å². The molecule has 1 aliphatic carbocycles. The van der Waals surface area contributed by atoms with Gasteiger partial charge in [0, 0.05) is 43.2 Å². The first-order valence-corrected chi connectivity index (χ1v) is 10.0. The first kappa shape index (κ1) is 17.8. The molecular formula is C19H32N2S. The lowest BCUT2D eigenvalue weighted by molar-refractivity contribution is 0.156. The fraction of sp³-hybridized carbons (Fsp3) is 0.684. The SMILES string of the molecule is CC(C)N(CCNCCSCc1ccccc1)C1CCCC1. The summed E-state index contributed by atoms with van der Waals surface area (Å²) in [4.78, 5) is 2.71. The Hall–Kier alpha value is -0.510. The van der Waals surface area contributed by atoms with Crippen LogP contribution in [0.2, 0.25) is 0 Å². The summed E-state index contributed by atoms with van der Waals surface area (Å²) in [6.07, 6.45) is 5.67. The van der Waals surface area contributed by atoms with Crippen molar-refractivity contribution in [3.63, 3.8) is 0 Å². The smallest absolute Gasteiger partial charge is 0.0185 e. The fourth-order valence-corrected chi connectivity index (χ4v) is 4.20. The lowest BCUT2D eigenvalue weighted by Crippen LogP contribution is -2.43. The molecule has 1 aromatic carbocycles. The third-order valence-electron chi connectivity index (χ3n) is 4.54. The van der Waals surface area contributed by atoms with Crippen LogP contribution in [0.4, 0.5) is 0 Å². The highest BCUT2D eigenvalue weighted by Gasteiger charge is 2.23. The van der Waals surface area contributed by atoms with Gasteiger partial charge < -0.3 is 5.32 Å². The van der Waals surface area contributed by atoms with Crippen LogP contribution in [-0.4, -0.2) is 42.4 Å². The van der Waals surface area contributed by atoms with Gasteiger partial charge >= 0.3 is 0 Å². The maximum atomic E-state index is 3.62. The number of benzene rings is 1. The molecule has 1 N–H and O–H groups in total. The first-order valence-electron chi connectivity index (χ1n) is 8.85. The molecule has 0 amide bonds. The number of rotatable bonds is 10. The molecule has 0 radical (unpaired) electrons. The Morgan fingerprint density at radius 2 is 1.86 bits per heavy atom. The molecule has 0 atom stereocenters. The number of nitrogens with zero attached hydrogens (tertiary/aromatic N) is 1. The Morgan fingerprint density at radius 3 is 2.55 bits per heavy atom. The predicted octanol–water partition coefficient (Wildman–Crippen LogP) is 4.16. The zero-order chi connectivity index (χ0) is 15.6. The van der Waals surface area contributed by atoms with Gasteiger partial charge in [0.2, 0.25) is 0 Å². The third kappa shape index (κ3) is 6.31. The van der Waals surface area contributed by atoms with E-state index in [0.717, 1.165) is 24.9 Å². The Morgan fingerprint density at radius 1 is 1.14 bits per heavy atom. The maximum Gasteiger partial charge on any atom is 0.0185 e. The number of hydrogen-bond donors (Lipinski definition) is 1. The van der Waals surface area contributed by atoms with Gasteiger partial charge in [-0.2, -0.15) is 11.8 Å². The molecule has 2 nitrogen and oxygen atoms in total. The highest BCUT2D eigenvalue weighted by Crippen LogP contribution is 2.24. The Labute approximate surface area is 141 Å². The number of thioether (sulfide) groups is 1. The molecule has 1 aliphatic rings. The third-order valence-corrected chi connectivity index (χ3v) is 5.57. The van der Waals surface area contributed by atoms with Gasteiger partial charge in [-0.15, -0.1) is 0 Å². The van der Waals surface area contributed by atoms with Crippen LogP contribution in [0.1, 0.15) is 45.1 Å². The van der Waals surface area contributed by atoms with E-state index < -0.39 is 0 Å². The second kappa shape index (κ2) is 10.3. The molecule has 1 saturated carbocycles. The van der Waals surface area contributed by atoms with E-state index in [4.69, 9.17) is 0 Å². The molecule has 3 heteroatoms. The molecule has 0 spiro atoms. The van der Waals surface area contributed by atoms with Crippen LogP contribution < -0.4 is 5.32 Å². The summed E-state index contributed by atoms with van der Waals surface area (Å²) in [6.45, 7) is 8.13. The largest absolute Gasteiger partial charge is 0.315 e. The molecule has 0 heterocycles. The van der Waals surface area contributed by atoms with E-state index in [-0.39, 0.29) is 0 Å². The van der Waals surface area contributed by atoms with E-state index in [0.29, 0.717) is 6.04 Å². The minimum absolute atomic E-state index is 0.678. The van der Waals surface area contributed by atoms with E-state index in [2.05, 4.69) is 54.4 Å². The zero-order valence-electron chi connectivity index (χ0n) is 14.3. The lowest BCUT2D eigenvalue weighted by Gasteiger charge is -2.32. The van der Waals surface area contributed by atoms with Gasteiger partial charge in [0.05, 0.1) is 0 Å². The molecule has 0 bridgehead atoms. The first-order chi connectivity index (χ1) is 10.8. The lowest BCUT2D eigenvalue weighted by atomic mass is 10.1. The minimum Gasteiger partial charge on any atom is -0.315 e. The molecule has 22 heavy (non-hydrogen) atoms. The van der Waals surface area contributed by atoms with Gasteiger partial charge in [0.1, 0.15) is 0 Å². The molecule has 124 valence electrons. The Bertz CT molecular complexity index is 388. The van der Waals surface area contributed by atoms with Crippen molar-refractivity contribution in [1.82, 2.24) is 10.2 Å².